The number of anilines is 1. The summed E-state index contributed by atoms with van der Waals surface area (Å²) in [6.07, 6.45) is 0. The number of aryl methyl sites for hydroxylation is 1. The predicted molar refractivity (Wildman–Crippen MR) is 83.9 cm³/mol. The van der Waals surface area contributed by atoms with Crippen LogP contribution in [0.15, 0.2) is 48.5 Å². The number of nitrogens with one attached hydrogen (secondary N) is 1. The van der Waals surface area contributed by atoms with Crippen LogP contribution in [0.3, 0.4) is 0 Å². The van der Waals surface area contributed by atoms with E-state index >= 15 is 0 Å². The first-order chi connectivity index (χ1) is 9.53. The average molecular weight is 264 g/mol. The monoisotopic (exact) mass is 264 g/mol. The smallest absolute Gasteiger partial charge is 0.0994 e. The number of rotatable bonds is 4. The molecule has 0 saturated heterocycles. The van der Waals surface area contributed by atoms with Crippen molar-refractivity contribution in [2.45, 2.75) is 26.2 Å². The lowest BCUT2D eigenvalue weighted by Crippen LogP contribution is -2.27. The quantitative estimate of drug-likeness (QED) is 0.895. The molecule has 2 rings (SSSR count). The number of benzene rings is 2. The molecule has 2 nitrogen and oxygen atoms in total. The second-order valence-corrected chi connectivity index (χ2v) is 5.74. The zero-order valence-corrected chi connectivity index (χ0v) is 12.3. The Kier molecular flexibility index (Phi) is 4.10. The maximum absolute atomic E-state index is 8.95. The van der Waals surface area contributed by atoms with Gasteiger partial charge in [-0.3, -0.25) is 0 Å². The zero-order chi connectivity index (χ0) is 14.6. The highest BCUT2D eigenvalue weighted by Crippen LogP contribution is 2.24. The fourth-order valence-corrected chi connectivity index (χ4v) is 2.21. The molecule has 0 amide bonds. The molecular weight excluding hydrogens is 244 g/mol. The molecule has 0 aromatic heterocycles. The van der Waals surface area contributed by atoms with Gasteiger partial charge in [-0.05, 0) is 36.2 Å². The molecule has 0 saturated carbocycles. The molecule has 2 heteroatoms. The second kappa shape index (κ2) is 5.79. The first-order valence-corrected chi connectivity index (χ1v) is 6.83. The van der Waals surface area contributed by atoms with Crippen LogP contribution in [0.25, 0.3) is 0 Å². The third-order valence-corrected chi connectivity index (χ3v) is 3.64. The van der Waals surface area contributed by atoms with Gasteiger partial charge in [0.1, 0.15) is 0 Å². The Morgan fingerprint density at radius 1 is 1.10 bits per heavy atom. The summed E-state index contributed by atoms with van der Waals surface area (Å²) in [5.74, 6) is 0. The molecule has 0 aliphatic carbocycles. The number of hydrogen-bond donors (Lipinski definition) is 1. The average Bonchev–Trinajstić information content (AvgIpc) is 2.46. The highest BCUT2D eigenvalue weighted by molar-refractivity contribution is 5.52. The zero-order valence-electron chi connectivity index (χ0n) is 12.3. The van der Waals surface area contributed by atoms with Crippen molar-refractivity contribution >= 4 is 5.69 Å². The maximum Gasteiger partial charge on any atom is 0.0994 e. The third-order valence-electron chi connectivity index (χ3n) is 3.64. The van der Waals surface area contributed by atoms with Crippen LogP contribution >= 0.6 is 0 Å². The molecule has 102 valence electrons. The van der Waals surface area contributed by atoms with E-state index in [1.165, 1.54) is 5.56 Å². The van der Waals surface area contributed by atoms with Crippen LogP contribution in [0.4, 0.5) is 5.69 Å². The van der Waals surface area contributed by atoms with Gasteiger partial charge in [0.05, 0.1) is 11.6 Å². The van der Waals surface area contributed by atoms with E-state index in [-0.39, 0.29) is 5.41 Å². The van der Waals surface area contributed by atoms with Crippen molar-refractivity contribution in [2.75, 3.05) is 11.9 Å². The molecule has 20 heavy (non-hydrogen) atoms. The Morgan fingerprint density at radius 2 is 1.80 bits per heavy atom. The first-order valence-electron chi connectivity index (χ1n) is 6.83. The Labute approximate surface area is 121 Å². The molecule has 1 N–H and O–H groups in total. The second-order valence-electron chi connectivity index (χ2n) is 5.74. The lowest BCUT2D eigenvalue weighted by molar-refractivity contribution is 0.557. The van der Waals surface area contributed by atoms with E-state index in [0.717, 1.165) is 23.4 Å². The van der Waals surface area contributed by atoms with E-state index in [2.05, 4.69) is 49.5 Å². The summed E-state index contributed by atoms with van der Waals surface area (Å²) in [5, 5.41) is 12.4. The fraction of sp³-hybridized carbons (Fsp3) is 0.278. The van der Waals surface area contributed by atoms with Crippen LogP contribution in [-0.4, -0.2) is 6.54 Å². The summed E-state index contributed by atoms with van der Waals surface area (Å²) in [4.78, 5) is 0. The Bertz CT molecular complexity index is 622. The summed E-state index contributed by atoms with van der Waals surface area (Å²) >= 11 is 0. The molecule has 0 aliphatic rings. The fourth-order valence-electron chi connectivity index (χ4n) is 2.21. The van der Waals surface area contributed by atoms with E-state index in [9.17, 15) is 0 Å². The molecular formula is C18H20N2. The molecule has 0 spiro atoms. The van der Waals surface area contributed by atoms with E-state index in [1.54, 1.807) is 0 Å². The number of nitrogens with zero attached hydrogens (tertiary/aromatic N) is 1. The minimum atomic E-state index is 0.0586. The highest BCUT2D eigenvalue weighted by atomic mass is 14.9. The van der Waals surface area contributed by atoms with Crippen molar-refractivity contribution in [3.63, 3.8) is 0 Å². The first kappa shape index (κ1) is 14.1. The van der Waals surface area contributed by atoms with Gasteiger partial charge in [-0.2, -0.15) is 5.26 Å². The molecule has 0 radical (unpaired) electrons. The normalized spacial score (nSPS) is 10.9. The minimum absolute atomic E-state index is 0.0586. The third kappa shape index (κ3) is 3.19. The van der Waals surface area contributed by atoms with E-state index in [1.807, 2.05) is 31.2 Å². The van der Waals surface area contributed by atoms with Crippen LogP contribution in [0.1, 0.15) is 30.5 Å². The Balaban J connectivity index is 2.09. The Hall–Kier alpha value is -2.27. The summed E-state index contributed by atoms with van der Waals surface area (Å²) in [5.41, 5.74) is 4.18. The van der Waals surface area contributed by atoms with Crippen molar-refractivity contribution in [3.05, 3.63) is 65.2 Å². The predicted octanol–water partition coefficient (Wildman–Crippen LogP) is 4.26. The van der Waals surface area contributed by atoms with Crippen LogP contribution < -0.4 is 5.32 Å². The number of hydrogen-bond acceptors (Lipinski definition) is 2. The molecule has 0 aliphatic heterocycles. The summed E-state index contributed by atoms with van der Waals surface area (Å²) < 4.78 is 0. The van der Waals surface area contributed by atoms with Gasteiger partial charge in [0, 0.05) is 17.6 Å². The van der Waals surface area contributed by atoms with Gasteiger partial charge in [0.15, 0.2) is 0 Å². The van der Waals surface area contributed by atoms with E-state index in [4.69, 9.17) is 5.26 Å². The van der Waals surface area contributed by atoms with Crippen LogP contribution in [0, 0.1) is 18.3 Å². The van der Waals surface area contributed by atoms with Crippen LogP contribution in [-0.2, 0) is 5.41 Å². The summed E-state index contributed by atoms with van der Waals surface area (Å²) in [7, 11) is 0. The van der Waals surface area contributed by atoms with E-state index in [0.29, 0.717) is 0 Å². The maximum atomic E-state index is 8.95. The summed E-state index contributed by atoms with van der Waals surface area (Å²) in [6, 6.07) is 18.6. The van der Waals surface area contributed by atoms with Gasteiger partial charge >= 0.3 is 0 Å². The van der Waals surface area contributed by atoms with Gasteiger partial charge in [0.25, 0.3) is 0 Å². The lowest BCUT2D eigenvalue weighted by Gasteiger charge is -2.26. The van der Waals surface area contributed by atoms with Crippen LogP contribution in [0.2, 0.25) is 0 Å². The highest BCUT2D eigenvalue weighted by Gasteiger charge is 2.19. The number of nitriles is 1. The van der Waals surface area contributed by atoms with Gasteiger partial charge in [0.2, 0.25) is 0 Å². The van der Waals surface area contributed by atoms with Crippen LogP contribution in [0.5, 0.6) is 0 Å². The van der Waals surface area contributed by atoms with Gasteiger partial charge in [-0.25, -0.2) is 0 Å². The SMILES string of the molecule is Cc1cc(NCC(C)(C)c2ccccc2)ccc1C#N. The van der Waals surface area contributed by atoms with Gasteiger partial charge in [-0.1, -0.05) is 44.2 Å². The molecule has 2 aromatic carbocycles. The summed E-state index contributed by atoms with van der Waals surface area (Å²) in [6.45, 7) is 7.27. The van der Waals surface area contributed by atoms with Crippen molar-refractivity contribution in [1.82, 2.24) is 0 Å². The molecule has 0 bridgehead atoms. The molecule has 2 aromatic rings. The lowest BCUT2D eigenvalue weighted by atomic mass is 9.84. The molecule has 0 atom stereocenters. The van der Waals surface area contributed by atoms with Crippen molar-refractivity contribution in [1.29, 1.82) is 5.26 Å². The van der Waals surface area contributed by atoms with Crippen molar-refractivity contribution in [2.24, 2.45) is 0 Å². The van der Waals surface area contributed by atoms with Gasteiger partial charge < -0.3 is 5.32 Å². The largest absolute Gasteiger partial charge is 0.384 e. The minimum Gasteiger partial charge on any atom is -0.384 e. The molecule has 0 unspecified atom stereocenters. The molecule has 0 fully saturated rings. The standard InChI is InChI=1S/C18H20N2/c1-14-11-17(10-9-15(14)12-19)20-13-18(2,3)16-7-5-4-6-8-16/h4-11,20H,13H2,1-3H3. The van der Waals surface area contributed by atoms with E-state index < -0.39 is 0 Å². The van der Waals surface area contributed by atoms with Crippen molar-refractivity contribution in [3.8, 4) is 6.07 Å². The van der Waals surface area contributed by atoms with Crippen molar-refractivity contribution < 1.29 is 0 Å². The topological polar surface area (TPSA) is 35.8 Å². The Morgan fingerprint density at radius 3 is 2.40 bits per heavy atom. The van der Waals surface area contributed by atoms with Gasteiger partial charge in [-0.15, -0.1) is 0 Å². The molecule has 0 heterocycles.